The predicted molar refractivity (Wildman–Crippen MR) is 105 cm³/mol. The Bertz CT molecular complexity index is 962. The Morgan fingerprint density at radius 3 is 2.52 bits per heavy atom. The van der Waals surface area contributed by atoms with Crippen molar-refractivity contribution in [2.24, 2.45) is 0 Å². The standard InChI is InChI=1S/C21H19N5O/c1-15-13-19(20(27)25-18-9-7-17(14-22)8-10-18)26-21(24-15)23-12-11-16-5-3-2-4-6-16/h2-10,13H,11-12H2,1H3,(H,25,27)(H,23,24,26). The SMILES string of the molecule is Cc1cc(C(=O)Nc2ccc(C#N)cc2)nc(NCCc2ccccc2)n1. The first kappa shape index (κ1) is 18.1. The van der Waals surface area contributed by atoms with Crippen LogP contribution in [0.15, 0.2) is 60.7 Å². The maximum Gasteiger partial charge on any atom is 0.274 e. The summed E-state index contributed by atoms with van der Waals surface area (Å²) in [5, 5.41) is 14.8. The number of carbonyl (C=O) groups is 1. The number of rotatable bonds is 6. The molecule has 6 nitrogen and oxygen atoms in total. The summed E-state index contributed by atoms with van der Waals surface area (Å²) in [5.74, 6) is 0.104. The molecule has 134 valence electrons. The van der Waals surface area contributed by atoms with E-state index < -0.39 is 0 Å². The summed E-state index contributed by atoms with van der Waals surface area (Å²) in [6.07, 6.45) is 0.838. The first-order valence-electron chi connectivity index (χ1n) is 8.59. The molecule has 0 spiro atoms. The predicted octanol–water partition coefficient (Wildman–Crippen LogP) is 3.56. The third kappa shape index (κ3) is 5.13. The molecular formula is C21H19N5O. The lowest BCUT2D eigenvalue weighted by atomic mass is 10.1. The topological polar surface area (TPSA) is 90.7 Å². The summed E-state index contributed by atoms with van der Waals surface area (Å²) < 4.78 is 0. The molecule has 0 saturated carbocycles. The van der Waals surface area contributed by atoms with Crippen LogP contribution in [0, 0.1) is 18.3 Å². The van der Waals surface area contributed by atoms with Crippen LogP contribution < -0.4 is 10.6 Å². The molecule has 1 aromatic heterocycles. The monoisotopic (exact) mass is 357 g/mol. The minimum Gasteiger partial charge on any atom is -0.354 e. The van der Waals surface area contributed by atoms with Gasteiger partial charge in [0, 0.05) is 17.9 Å². The third-order valence-electron chi connectivity index (χ3n) is 3.90. The van der Waals surface area contributed by atoms with Crippen molar-refractivity contribution >= 4 is 17.5 Å². The number of hydrogen-bond donors (Lipinski definition) is 2. The van der Waals surface area contributed by atoms with E-state index in [1.165, 1.54) is 5.56 Å². The molecule has 0 aliphatic carbocycles. The second-order valence-electron chi connectivity index (χ2n) is 6.02. The van der Waals surface area contributed by atoms with Crippen molar-refractivity contribution in [2.75, 3.05) is 17.2 Å². The summed E-state index contributed by atoms with van der Waals surface area (Å²) in [6.45, 7) is 2.49. The Labute approximate surface area is 157 Å². The molecule has 0 atom stereocenters. The Morgan fingerprint density at radius 2 is 1.81 bits per heavy atom. The number of nitriles is 1. The Balaban J connectivity index is 1.64. The van der Waals surface area contributed by atoms with E-state index in [1.807, 2.05) is 31.2 Å². The van der Waals surface area contributed by atoms with Crippen molar-refractivity contribution in [3.05, 3.63) is 83.2 Å². The van der Waals surface area contributed by atoms with Crippen molar-refractivity contribution in [3.8, 4) is 6.07 Å². The molecule has 0 radical (unpaired) electrons. The Morgan fingerprint density at radius 1 is 1.07 bits per heavy atom. The third-order valence-corrected chi connectivity index (χ3v) is 3.90. The van der Waals surface area contributed by atoms with E-state index in [9.17, 15) is 4.79 Å². The van der Waals surface area contributed by atoms with Gasteiger partial charge in [0.2, 0.25) is 5.95 Å². The van der Waals surface area contributed by atoms with Crippen molar-refractivity contribution in [1.82, 2.24) is 9.97 Å². The number of aromatic nitrogens is 2. The first-order valence-corrected chi connectivity index (χ1v) is 8.59. The molecule has 3 aromatic rings. The highest BCUT2D eigenvalue weighted by Gasteiger charge is 2.11. The van der Waals surface area contributed by atoms with Crippen LogP contribution in [-0.2, 0) is 6.42 Å². The van der Waals surface area contributed by atoms with Gasteiger partial charge in [-0.3, -0.25) is 4.79 Å². The van der Waals surface area contributed by atoms with Gasteiger partial charge in [-0.05, 0) is 49.2 Å². The van der Waals surface area contributed by atoms with Gasteiger partial charge in [0.25, 0.3) is 5.91 Å². The zero-order valence-corrected chi connectivity index (χ0v) is 14.9. The molecule has 2 aromatic carbocycles. The number of nitrogens with one attached hydrogen (secondary N) is 2. The average molecular weight is 357 g/mol. The summed E-state index contributed by atoms with van der Waals surface area (Å²) >= 11 is 0. The van der Waals surface area contributed by atoms with Crippen molar-refractivity contribution in [2.45, 2.75) is 13.3 Å². The van der Waals surface area contributed by atoms with Crippen LogP contribution in [0.3, 0.4) is 0 Å². The molecule has 1 heterocycles. The number of nitrogens with zero attached hydrogens (tertiary/aromatic N) is 3. The summed E-state index contributed by atoms with van der Waals surface area (Å²) in [5.41, 5.74) is 3.35. The number of anilines is 2. The van der Waals surface area contributed by atoms with Crippen molar-refractivity contribution < 1.29 is 4.79 Å². The van der Waals surface area contributed by atoms with Gasteiger partial charge in [-0.25, -0.2) is 9.97 Å². The highest BCUT2D eigenvalue weighted by Crippen LogP contribution is 2.12. The maximum atomic E-state index is 12.5. The highest BCUT2D eigenvalue weighted by atomic mass is 16.1. The Hall–Kier alpha value is -3.72. The van der Waals surface area contributed by atoms with E-state index in [2.05, 4.69) is 32.7 Å². The molecule has 3 rings (SSSR count). The molecule has 1 amide bonds. The van der Waals surface area contributed by atoms with Gasteiger partial charge in [-0.1, -0.05) is 30.3 Å². The molecule has 0 aliphatic rings. The van der Waals surface area contributed by atoms with Gasteiger partial charge in [0.1, 0.15) is 5.69 Å². The van der Waals surface area contributed by atoms with Crippen LogP contribution in [0.5, 0.6) is 0 Å². The summed E-state index contributed by atoms with van der Waals surface area (Å²) in [4.78, 5) is 21.1. The van der Waals surface area contributed by atoms with Crippen LogP contribution in [-0.4, -0.2) is 22.4 Å². The van der Waals surface area contributed by atoms with Crippen LogP contribution in [0.2, 0.25) is 0 Å². The fourth-order valence-corrected chi connectivity index (χ4v) is 2.55. The first-order chi connectivity index (χ1) is 13.1. The van der Waals surface area contributed by atoms with E-state index in [1.54, 1.807) is 30.3 Å². The second kappa shape index (κ2) is 8.59. The zero-order valence-electron chi connectivity index (χ0n) is 14.9. The molecule has 2 N–H and O–H groups in total. The van der Waals surface area contributed by atoms with Gasteiger partial charge in [-0.15, -0.1) is 0 Å². The average Bonchev–Trinajstić information content (AvgIpc) is 2.69. The number of carbonyl (C=O) groups excluding carboxylic acids is 1. The van der Waals surface area contributed by atoms with E-state index >= 15 is 0 Å². The minimum atomic E-state index is -0.323. The number of aryl methyl sites for hydroxylation is 1. The lowest BCUT2D eigenvalue weighted by Gasteiger charge is -2.09. The lowest BCUT2D eigenvalue weighted by Crippen LogP contribution is -2.16. The molecule has 0 fully saturated rings. The molecule has 27 heavy (non-hydrogen) atoms. The van der Waals surface area contributed by atoms with Crippen LogP contribution in [0.25, 0.3) is 0 Å². The van der Waals surface area contributed by atoms with Crippen LogP contribution in [0.4, 0.5) is 11.6 Å². The molecule has 0 saturated heterocycles. The van der Waals surface area contributed by atoms with E-state index in [-0.39, 0.29) is 11.6 Å². The maximum absolute atomic E-state index is 12.5. The van der Waals surface area contributed by atoms with Crippen LogP contribution >= 0.6 is 0 Å². The summed E-state index contributed by atoms with van der Waals surface area (Å²) in [6, 6.07) is 20.5. The fourth-order valence-electron chi connectivity index (χ4n) is 2.55. The van der Waals surface area contributed by atoms with E-state index in [4.69, 9.17) is 5.26 Å². The summed E-state index contributed by atoms with van der Waals surface area (Å²) in [7, 11) is 0. The van der Waals surface area contributed by atoms with Gasteiger partial charge in [0.15, 0.2) is 0 Å². The van der Waals surface area contributed by atoms with Crippen LogP contribution in [0.1, 0.15) is 27.3 Å². The zero-order chi connectivity index (χ0) is 19.1. The minimum absolute atomic E-state index is 0.286. The smallest absolute Gasteiger partial charge is 0.274 e. The van der Waals surface area contributed by atoms with E-state index in [0.29, 0.717) is 29.4 Å². The van der Waals surface area contributed by atoms with Gasteiger partial charge < -0.3 is 10.6 Å². The molecule has 6 heteroatoms. The van der Waals surface area contributed by atoms with E-state index in [0.717, 1.165) is 6.42 Å². The normalized spacial score (nSPS) is 10.1. The van der Waals surface area contributed by atoms with Crippen molar-refractivity contribution in [1.29, 1.82) is 5.26 Å². The van der Waals surface area contributed by atoms with Gasteiger partial charge in [-0.2, -0.15) is 5.26 Å². The quantitative estimate of drug-likeness (QED) is 0.704. The van der Waals surface area contributed by atoms with Gasteiger partial charge >= 0.3 is 0 Å². The largest absolute Gasteiger partial charge is 0.354 e. The lowest BCUT2D eigenvalue weighted by molar-refractivity contribution is 0.102. The van der Waals surface area contributed by atoms with Crippen molar-refractivity contribution in [3.63, 3.8) is 0 Å². The highest BCUT2D eigenvalue weighted by molar-refractivity contribution is 6.03. The molecular weight excluding hydrogens is 338 g/mol. The molecule has 0 unspecified atom stereocenters. The molecule has 0 aliphatic heterocycles. The number of amides is 1. The number of hydrogen-bond acceptors (Lipinski definition) is 5. The molecule has 0 bridgehead atoms. The second-order valence-corrected chi connectivity index (χ2v) is 6.02. The number of benzene rings is 2. The van der Waals surface area contributed by atoms with Gasteiger partial charge in [0.05, 0.1) is 11.6 Å². The Kier molecular flexibility index (Phi) is 5.75. The fraction of sp³-hybridized carbons (Fsp3) is 0.143.